The van der Waals surface area contributed by atoms with E-state index >= 15 is 0 Å². The van der Waals surface area contributed by atoms with E-state index in [1.54, 1.807) is 38.1 Å². The van der Waals surface area contributed by atoms with Crippen LogP contribution >= 0.6 is 47.8 Å². The van der Waals surface area contributed by atoms with Crippen LogP contribution in [0, 0.1) is 17.0 Å². The van der Waals surface area contributed by atoms with Gasteiger partial charge in [0.05, 0.1) is 28.6 Å². The molecule has 3 aromatic carbocycles. The first-order chi connectivity index (χ1) is 17.7. The molecule has 0 amide bonds. The molecule has 4 rings (SSSR count). The summed E-state index contributed by atoms with van der Waals surface area (Å²) in [5, 5.41) is 16.6. The molecule has 0 aliphatic carbocycles. The maximum Gasteiger partial charge on any atom is 0.315 e. The Morgan fingerprint density at radius 1 is 1.08 bits per heavy atom. The number of aromatic nitrogens is 2. The highest BCUT2D eigenvalue weighted by molar-refractivity contribution is 9.11. The molecule has 12 heteroatoms. The van der Waals surface area contributed by atoms with E-state index in [1.165, 1.54) is 12.3 Å². The van der Waals surface area contributed by atoms with Crippen molar-refractivity contribution in [3.63, 3.8) is 0 Å². The lowest BCUT2D eigenvalue weighted by Gasteiger charge is -2.14. The number of fused-ring (bicyclic) bond motifs is 1. The van der Waals surface area contributed by atoms with Crippen LogP contribution in [0.4, 0.5) is 5.69 Å². The van der Waals surface area contributed by atoms with Crippen LogP contribution in [0.2, 0.25) is 0 Å². The van der Waals surface area contributed by atoms with Crippen molar-refractivity contribution >= 4 is 70.6 Å². The lowest BCUT2D eigenvalue weighted by molar-refractivity contribution is -0.386. The van der Waals surface area contributed by atoms with Crippen molar-refractivity contribution in [2.45, 2.75) is 20.5 Å². The number of hydrogen-bond donors (Lipinski definition) is 0. The van der Waals surface area contributed by atoms with Crippen LogP contribution in [0.1, 0.15) is 23.9 Å². The summed E-state index contributed by atoms with van der Waals surface area (Å²) in [4.78, 5) is 28.9. The minimum absolute atomic E-state index is 0.00406. The fourth-order valence-electron chi connectivity index (χ4n) is 3.54. The van der Waals surface area contributed by atoms with E-state index < -0.39 is 4.92 Å². The van der Waals surface area contributed by atoms with Crippen molar-refractivity contribution in [1.29, 1.82) is 0 Å². The van der Waals surface area contributed by atoms with E-state index in [9.17, 15) is 14.9 Å². The molecule has 0 aliphatic heterocycles. The second-order valence-electron chi connectivity index (χ2n) is 7.76. The van der Waals surface area contributed by atoms with Crippen LogP contribution in [0.3, 0.4) is 0 Å². The number of benzene rings is 3. The summed E-state index contributed by atoms with van der Waals surface area (Å²) >= 11 is 10.2. The zero-order valence-corrected chi connectivity index (χ0v) is 24.3. The number of nitro benzene ring substituents is 1. The van der Waals surface area contributed by atoms with Gasteiger partial charge in [0.15, 0.2) is 5.75 Å². The van der Waals surface area contributed by atoms with Gasteiger partial charge in [0.25, 0.3) is 5.56 Å². The van der Waals surface area contributed by atoms with Crippen molar-refractivity contribution in [3.8, 4) is 11.5 Å². The maximum atomic E-state index is 13.0. The van der Waals surface area contributed by atoms with Crippen LogP contribution in [0.5, 0.6) is 11.5 Å². The molecule has 0 atom stereocenters. The largest absolute Gasteiger partial charge is 0.490 e. The average molecular weight is 695 g/mol. The zero-order chi connectivity index (χ0) is 26.7. The minimum atomic E-state index is -0.543. The molecule has 4 aromatic rings. The fraction of sp³-hybridized carbons (Fsp3) is 0.160. The highest BCUT2D eigenvalue weighted by Gasteiger charge is 2.23. The van der Waals surface area contributed by atoms with E-state index in [2.05, 4.69) is 57.9 Å². The molecular formula is C25H19Br3N4O5. The number of halogens is 3. The topological polar surface area (TPSA) is 109 Å². The van der Waals surface area contributed by atoms with Gasteiger partial charge in [-0.15, -0.1) is 0 Å². The number of nitrogens with zero attached hydrogens (tertiary/aromatic N) is 4. The molecule has 0 spiro atoms. The van der Waals surface area contributed by atoms with Gasteiger partial charge in [-0.1, -0.05) is 53.9 Å². The Kier molecular flexibility index (Phi) is 8.40. The third-order valence-corrected chi connectivity index (χ3v) is 6.96. The van der Waals surface area contributed by atoms with Crippen LogP contribution in [0.25, 0.3) is 10.9 Å². The maximum absolute atomic E-state index is 13.0. The summed E-state index contributed by atoms with van der Waals surface area (Å²) in [6.45, 7) is 3.77. The van der Waals surface area contributed by atoms with Crippen LogP contribution < -0.4 is 15.0 Å². The predicted octanol–water partition coefficient (Wildman–Crippen LogP) is 6.76. The summed E-state index contributed by atoms with van der Waals surface area (Å²) in [6, 6.07) is 13.7. The summed E-state index contributed by atoms with van der Waals surface area (Å²) in [7, 11) is 0. The molecule has 0 unspecified atom stereocenters. The Balaban J connectivity index is 1.73. The van der Waals surface area contributed by atoms with Gasteiger partial charge in [-0.25, -0.2) is 4.98 Å². The lowest BCUT2D eigenvalue weighted by Crippen LogP contribution is -2.20. The molecule has 1 aromatic heterocycles. The van der Waals surface area contributed by atoms with Gasteiger partial charge >= 0.3 is 5.69 Å². The molecule has 0 saturated heterocycles. The second kappa shape index (κ2) is 11.5. The quantitative estimate of drug-likeness (QED) is 0.115. The Bertz CT molecular complexity index is 1600. The Morgan fingerprint density at radius 2 is 1.81 bits per heavy atom. The van der Waals surface area contributed by atoms with Crippen molar-refractivity contribution in [3.05, 3.63) is 99.4 Å². The Morgan fingerprint density at radius 3 is 2.51 bits per heavy atom. The van der Waals surface area contributed by atoms with Crippen molar-refractivity contribution in [1.82, 2.24) is 9.66 Å². The summed E-state index contributed by atoms with van der Waals surface area (Å²) in [5.74, 6) is 0.566. The first kappa shape index (κ1) is 27.0. The van der Waals surface area contributed by atoms with Gasteiger partial charge < -0.3 is 9.47 Å². The minimum Gasteiger partial charge on any atom is -0.490 e. The predicted molar refractivity (Wildman–Crippen MR) is 152 cm³/mol. The third-order valence-electron chi connectivity index (χ3n) is 5.23. The molecular weight excluding hydrogens is 676 g/mol. The van der Waals surface area contributed by atoms with E-state index in [1.807, 2.05) is 18.2 Å². The first-order valence-electron chi connectivity index (χ1n) is 10.9. The second-order valence-corrected chi connectivity index (χ2v) is 10.4. The number of hydrogen-bond acceptors (Lipinski definition) is 7. The number of aryl methyl sites for hydroxylation is 1. The SMILES string of the molecule is CCOc1cc(C=Nn2c(C)nc3ccc(Br)cc3c2=O)cc([N+](=O)[O-])c1OCc1ccc(Br)cc1Br. The smallest absolute Gasteiger partial charge is 0.315 e. The van der Waals surface area contributed by atoms with Gasteiger partial charge in [0.2, 0.25) is 5.75 Å². The molecule has 0 aliphatic rings. The zero-order valence-electron chi connectivity index (χ0n) is 19.6. The highest BCUT2D eigenvalue weighted by atomic mass is 79.9. The molecule has 9 nitrogen and oxygen atoms in total. The summed E-state index contributed by atoms with van der Waals surface area (Å²) in [5.41, 5.74) is 1.05. The Hall–Kier alpha value is -3.09. The molecule has 190 valence electrons. The van der Waals surface area contributed by atoms with E-state index in [-0.39, 0.29) is 36.0 Å². The number of rotatable bonds is 8. The van der Waals surface area contributed by atoms with Crippen LogP contribution in [0.15, 0.2) is 71.8 Å². The molecule has 1 heterocycles. The van der Waals surface area contributed by atoms with Crippen molar-refractivity contribution < 1.29 is 14.4 Å². The highest BCUT2D eigenvalue weighted by Crippen LogP contribution is 2.39. The lowest BCUT2D eigenvalue weighted by atomic mass is 10.1. The monoisotopic (exact) mass is 692 g/mol. The first-order valence-corrected chi connectivity index (χ1v) is 13.3. The standard InChI is InChI=1S/C25H19Br3N4O5/c1-3-36-23-9-15(12-29-31-14(2)30-21-7-6-17(26)10-19(21)25(31)33)8-22(32(34)35)24(23)37-13-16-4-5-18(27)11-20(16)28/h4-12H,3,13H2,1-2H3. The normalized spacial score (nSPS) is 11.3. The molecule has 0 N–H and O–H groups in total. The van der Waals surface area contributed by atoms with Crippen LogP contribution in [-0.4, -0.2) is 27.4 Å². The number of ether oxygens (including phenoxy) is 2. The molecule has 0 bridgehead atoms. The molecule has 0 radical (unpaired) electrons. The van der Waals surface area contributed by atoms with E-state index in [0.29, 0.717) is 22.3 Å². The van der Waals surface area contributed by atoms with Gasteiger partial charge in [-0.3, -0.25) is 14.9 Å². The number of nitro groups is 1. The van der Waals surface area contributed by atoms with Crippen molar-refractivity contribution in [2.75, 3.05) is 6.61 Å². The average Bonchev–Trinajstić information content (AvgIpc) is 2.84. The van der Waals surface area contributed by atoms with Crippen molar-refractivity contribution in [2.24, 2.45) is 5.10 Å². The van der Waals surface area contributed by atoms with E-state index in [0.717, 1.165) is 23.7 Å². The molecule has 0 saturated carbocycles. The third kappa shape index (κ3) is 6.08. The van der Waals surface area contributed by atoms with Gasteiger partial charge in [-0.2, -0.15) is 9.78 Å². The Labute approximate surface area is 236 Å². The molecule has 37 heavy (non-hydrogen) atoms. The van der Waals surface area contributed by atoms with E-state index in [4.69, 9.17) is 9.47 Å². The van der Waals surface area contributed by atoms with Gasteiger partial charge in [0.1, 0.15) is 12.4 Å². The fourth-order valence-corrected chi connectivity index (χ4v) is 5.06. The summed E-state index contributed by atoms with van der Waals surface area (Å²) < 4.78 is 15.1. The molecule has 0 fully saturated rings. The van der Waals surface area contributed by atoms with Gasteiger partial charge in [0, 0.05) is 30.6 Å². The van der Waals surface area contributed by atoms with Crippen LogP contribution in [-0.2, 0) is 6.61 Å². The van der Waals surface area contributed by atoms with Gasteiger partial charge in [-0.05, 0) is 50.2 Å². The summed E-state index contributed by atoms with van der Waals surface area (Å²) in [6.07, 6.45) is 1.35.